The molecule has 3 aromatic rings. The summed E-state index contributed by atoms with van der Waals surface area (Å²) in [6, 6.07) is 17.4. The fourth-order valence-electron chi connectivity index (χ4n) is 5.46. The number of hydrogen-bond donors (Lipinski definition) is 1. The molecule has 0 unspecified atom stereocenters. The van der Waals surface area contributed by atoms with E-state index in [1.807, 2.05) is 36.4 Å². The number of carbonyl (C=O) groups is 1. The van der Waals surface area contributed by atoms with Gasteiger partial charge in [-0.25, -0.2) is 13.6 Å². The molecule has 5 rings (SSSR count). The van der Waals surface area contributed by atoms with Crippen LogP contribution in [0.3, 0.4) is 0 Å². The highest BCUT2D eigenvalue weighted by Crippen LogP contribution is 2.49. The predicted octanol–water partition coefficient (Wildman–Crippen LogP) is 7.41. The van der Waals surface area contributed by atoms with Crippen molar-refractivity contribution < 1.29 is 18.3 Å². The molecule has 0 aliphatic carbocycles. The summed E-state index contributed by atoms with van der Waals surface area (Å²) in [5, 5.41) is 2.91. The summed E-state index contributed by atoms with van der Waals surface area (Å²) in [4.78, 5) is 14.9. The van der Waals surface area contributed by atoms with E-state index in [1.54, 1.807) is 0 Å². The van der Waals surface area contributed by atoms with E-state index < -0.39 is 6.09 Å². The van der Waals surface area contributed by atoms with Gasteiger partial charge in [0, 0.05) is 42.2 Å². The van der Waals surface area contributed by atoms with Gasteiger partial charge < -0.3 is 9.64 Å². The van der Waals surface area contributed by atoms with Crippen LogP contribution < -0.4 is 10.2 Å². The third kappa shape index (κ3) is 5.19. The highest BCUT2D eigenvalue weighted by Gasteiger charge is 2.35. The second-order valence-electron chi connectivity index (χ2n) is 9.43. The van der Waals surface area contributed by atoms with Gasteiger partial charge in [-0.3, -0.25) is 5.32 Å². The van der Waals surface area contributed by atoms with Crippen LogP contribution in [0.4, 0.5) is 25.0 Å². The number of unbranched alkanes of at least 4 members (excludes halogenated alkanes) is 1. The Bertz CT molecular complexity index is 1140. The maximum atomic E-state index is 13.7. The number of carbonyl (C=O) groups excluding carboxylic acids is 1. The number of alkyl halides is 1. The molecule has 36 heavy (non-hydrogen) atoms. The lowest BCUT2D eigenvalue weighted by molar-refractivity contribution is 0.160. The molecular formula is C29H29ClF2N2O2. The molecule has 2 heterocycles. The lowest BCUT2D eigenvalue weighted by atomic mass is 9.76. The van der Waals surface area contributed by atoms with E-state index in [0.717, 1.165) is 60.3 Å². The minimum absolute atomic E-state index is 0.0732. The molecule has 2 aliphatic heterocycles. The molecule has 1 amide bonds. The van der Waals surface area contributed by atoms with Crippen molar-refractivity contribution in [2.75, 3.05) is 35.8 Å². The van der Waals surface area contributed by atoms with Crippen molar-refractivity contribution in [3.63, 3.8) is 0 Å². The molecule has 0 spiro atoms. The Balaban J connectivity index is 1.54. The zero-order chi connectivity index (χ0) is 25.1. The quantitative estimate of drug-likeness (QED) is 0.266. The molecule has 7 heteroatoms. The zero-order valence-corrected chi connectivity index (χ0v) is 20.7. The van der Waals surface area contributed by atoms with E-state index in [-0.39, 0.29) is 23.5 Å². The van der Waals surface area contributed by atoms with Crippen LogP contribution in [0.25, 0.3) is 0 Å². The number of rotatable bonds is 7. The fourth-order valence-corrected chi connectivity index (χ4v) is 5.65. The summed E-state index contributed by atoms with van der Waals surface area (Å²) in [6.07, 6.45) is 2.78. The summed E-state index contributed by atoms with van der Waals surface area (Å²) < 4.78 is 32.7. The lowest BCUT2D eigenvalue weighted by Crippen LogP contribution is -2.37. The number of halogens is 3. The van der Waals surface area contributed by atoms with E-state index in [9.17, 15) is 13.6 Å². The van der Waals surface area contributed by atoms with E-state index in [1.165, 1.54) is 24.3 Å². The SMILES string of the molecule is O=C(Nc1cc2c3c(c1)[C@H](c1ccc(F)cc1)CCN3CC[C@H]2c1ccc(F)cc1)OCCCCCl. The first-order valence-electron chi connectivity index (χ1n) is 12.5. The van der Waals surface area contributed by atoms with Crippen LogP contribution in [0.5, 0.6) is 0 Å². The van der Waals surface area contributed by atoms with Crippen molar-refractivity contribution in [2.45, 2.75) is 37.5 Å². The van der Waals surface area contributed by atoms with Gasteiger partial charge in [-0.1, -0.05) is 24.3 Å². The van der Waals surface area contributed by atoms with E-state index >= 15 is 0 Å². The van der Waals surface area contributed by atoms with Crippen LogP contribution in [-0.2, 0) is 4.74 Å². The first-order chi connectivity index (χ1) is 17.5. The van der Waals surface area contributed by atoms with Gasteiger partial charge in [-0.2, -0.15) is 0 Å². The Morgan fingerprint density at radius 1 is 0.889 bits per heavy atom. The van der Waals surface area contributed by atoms with Crippen molar-refractivity contribution in [3.05, 3.63) is 94.6 Å². The predicted molar refractivity (Wildman–Crippen MR) is 139 cm³/mol. The van der Waals surface area contributed by atoms with Crippen molar-refractivity contribution in [3.8, 4) is 0 Å². The summed E-state index contributed by atoms with van der Waals surface area (Å²) in [5.41, 5.74) is 6.13. The molecule has 0 fully saturated rings. The van der Waals surface area contributed by atoms with Crippen LogP contribution in [0.1, 0.15) is 59.8 Å². The topological polar surface area (TPSA) is 41.6 Å². The first-order valence-corrected chi connectivity index (χ1v) is 13.0. The second-order valence-corrected chi connectivity index (χ2v) is 9.81. The van der Waals surface area contributed by atoms with Gasteiger partial charge in [-0.15, -0.1) is 11.6 Å². The maximum Gasteiger partial charge on any atom is 0.411 e. The third-order valence-corrected chi connectivity index (χ3v) is 7.43. The van der Waals surface area contributed by atoms with E-state index in [0.29, 0.717) is 24.6 Å². The molecule has 0 aromatic heterocycles. The Kier molecular flexibility index (Phi) is 7.42. The van der Waals surface area contributed by atoms with Gasteiger partial charge >= 0.3 is 6.09 Å². The molecule has 4 nitrogen and oxygen atoms in total. The lowest BCUT2D eigenvalue weighted by Gasteiger charge is -2.43. The summed E-state index contributed by atoms with van der Waals surface area (Å²) in [5.74, 6) is 0.155. The van der Waals surface area contributed by atoms with Crippen molar-refractivity contribution in [2.24, 2.45) is 0 Å². The zero-order valence-electron chi connectivity index (χ0n) is 20.0. The normalized spacial score (nSPS) is 18.5. The fraction of sp³-hybridized carbons (Fsp3) is 0.345. The van der Waals surface area contributed by atoms with Crippen LogP contribution in [-0.4, -0.2) is 31.7 Å². The van der Waals surface area contributed by atoms with Gasteiger partial charge in [0.05, 0.1) is 6.61 Å². The van der Waals surface area contributed by atoms with Crippen molar-refractivity contribution in [1.29, 1.82) is 0 Å². The average Bonchev–Trinajstić information content (AvgIpc) is 2.88. The largest absolute Gasteiger partial charge is 0.449 e. The summed E-state index contributed by atoms with van der Waals surface area (Å²) in [7, 11) is 0. The number of nitrogens with one attached hydrogen (secondary N) is 1. The molecule has 3 aromatic carbocycles. The second kappa shape index (κ2) is 10.9. The van der Waals surface area contributed by atoms with Gasteiger partial charge in [0.1, 0.15) is 11.6 Å². The number of nitrogens with zero attached hydrogens (tertiary/aromatic N) is 1. The molecule has 0 radical (unpaired) electrons. The Hall–Kier alpha value is -3.12. The molecule has 0 saturated heterocycles. The third-order valence-electron chi connectivity index (χ3n) is 7.16. The highest BCUT2D eigenvalue weighted by atomic mass is 35.5. The van der Waals surface area contributed by atoms with E-state index in [2.05, 4.69) is 10.2 Å². The van der Waals surface area contributed by atoms with Crippen molar-refractivity contribution >= 4 is 29.1 Å². The molecule has 2 aliphatic rings. The summed E-state index contributed by atoms with van der Waals surface area (Å²) >= 11 is 5.71. The Morgan fingerprint density at radius 3 is 1.92 bits per heavy atom. The van der Waals surface area contributed by atoms with Gasteiger partial charge in [0.15, 0.2) is 0 Å². The molecule has 0 bridgehead atoms. The minimum Gasteiger partial charge on any atom is -0.449 e. The smallest absolute Gasteiger partial charge is 0.411 e. The monoisotopic (exact) mass is 510 g/mol. The van der Waals surface area contributed by atoms with E-state index in [4.69, 9.17) is 16.3 Å². The van der Waals surface area contributed by atoms with Crippen LogP contribution in [0, 0.1) is 11.6 Å². The van der Waals surface area contributed by atoms with Gasteiger partial charge in [0.25, 0.3) is 0 Å². The Labute approximate surface area is 215 Å². The van der Waals surface area contributed by atoms with Crippen molar-refractivity contribution in [1.82, 2.24) is 0 Å². The molecular weight excluding hydrogens is 482 g/mol. The Morgan fingerprint density at radius 2 is 1.42 bits per heavy atom. The number of anilines is 2. The summed E-state index contributed by atoms with van der Waals surface area (Å²) in [6.45, 7) is 2.10. The number of hydrogen-bond acceptors (Lipinski definition) is 3. The average molecular weight is 511 g/mol. The minimum atomic E-state index is -0.503. The highest BCUT2D eigenvalue weighted by molar-refractivity contribution is 6.17. The molecule has 188 valence electrons. The first kappa shape index (κ1) is 24.6. The standard InChI is InChI=1S/C29H29ClF2N2O2/c30-13-1-2-16-36-29(35)33-23-17-26-24(19-3-7-21(31)8-4-19)11-14-34-15-12-25(27(18-23)28(26)34)20-5-9-22(32)10-6-20/h3-10,17-18,24-25H,1-2,11-16H2,(H,33,35)/t24-,25-/m0/s1. The number of amides is 1. The van der Waals surface area contributed by atoms with Gasteiger partial charge in [-0.05, 0) is 84.3 Å². The molecule has 0 saturated carbocycles. The van der Waals surface area contributed by atoms with Crippen LogP contribution >= 0.6 is 11.6 Å². The number of ether oxygens (including phenoxy) is 1. The van der Waals surface area contributed by atoms with Crippen LogP contribution in [0.2, 0.25) is 0 Å². The molecule has 2 atom stereocenters. The maximum absolute atomic E-state index is 13.7. The molecule has 1 N–H and O–H groups in total. The van der Waals surface area contributed by atoms with Crippen LogP contribution in [0.15, 0.2) is 60.7 Å². The number of benzene rings is 3. The van der Waals surface area contributed by atoms with Gasteiger partial charge in [0.2, 0.25) is 0 Å².